The first-order chi connectivity index (χ1) is 8.90. The lowest BCUT2D eigenvalue weighted by Crippen LogP contribution is -2.22. The Morgan fingerprint density at radius 1 is 1.47 bits per heavy atom. The van der Waals surface area contributed by atoms with Crippen LogP contribution in [0.25, 0.3) is 0 Å². The van der Waals surface area contributed by atoms with Crippen molar-refractivity contribution >= 4 is 21.6 Å². The zero-order valence-electron chi connectivity index (χ0n) is 10.6. The first kappa shape index (κ1) is 13.6. The Bertz CT molecular complexity index is 596. The normalized spacial score (nSPS) is 14.8. The number of hydrogen-bond donors (Lipinski definition) is 2. The fourth-order valence-electron chi connectivity index (χ4n) is 1.48. The van der Waals surface area contributed by atoms with Crippen LogP contribution in [0.5, 0.6) is 5.75 Å². The minimum absolute atomic E-state index is 0.0210. The van der Waals surface area contributed by atoms with Crippen LogP contribution in [0.4, 0.5) is 5.69 Å². The summed E-state index contributed by atoms with van der Waals surface area (Å²) in [6.07, 6.45) is 4.19. The molecule has 2 rings (SSSR count). The van der Waals surface area contributed by atoms with Crippen molar-refractivity contribution in [2.45, 2.75) is 18.9 Å². The SMILES string of the molecule is CNC(=O)c1nccc(NS(C)(=O)=O)c1OC1CC1. The van der Waals surface area contributed by atoms with Gasteiger partial charge in [0, 0.05) is 13.2 Å². The summed E-state index contributed by atoms with van der Waals surface area (Å²) in [6, 6.07) is 1.46. The highest BCUT2D eigenvalue weighted by Crippen LogP contribution is 2.34. The van der Waals surface area contributed by atoms with Crippen LogP contribution in [0, 0.1) is 0 Å². The van der Waals surface area contributed by atoms with E-state index in [9.17, 15) is 13.2 Å². The predicted octanol–water partition coefficient (Wildman–Crippen LogP) is 0.354. The second-order valence-corrected chi connectivity index (χ2v) is 6.06. The molecule has 0 aromatic carbocycles. The van der Waals surface area contributed by atoms with Gasteiger partial charge in [0.2, 0.25) is 10.0 Å². The second-order valence-electron chi connectivity index (χ2n) is 4.31. The van der Waals surface area contributed by atoms with E-state index in [0.29, 0.717) is 0 Å². The Morgan fingerprint density at radius 3 is 2.68 bits per heavy atom. The molecule has 0 aliphatic heterocycles. The van der Waals surface area contributed by atoms with Gasteiger partial charge in [-0.2, -0.15) is 0 Å². The summed E-state index contributed by atoms with van der Waals surface area (Å²) >= 11 is 0. The van der Waals surface area contributed by atoms with Crippen molar-refractivity contribution in [2.24, 2.45) is 0 Å². The largest absolute Gasteiger partial charge is 0.486 e. The van der Waals surface area contributed by atoms with E-state index in [1.807, 2.05) is 0 Å². The maximum absolute atomic E-state index is 11.7. The first-order valence-electron chi connectivity index (χ1n) is 5.76. The highest BCUT2D eigenvalue weighted by molar-refractivity contribution is 7.92. The van der Waals surface area contributed by atoms with Crippen LogP contribution in [0.2, 0.25) is 0 Å². The Hall–Kier alpha value is -1.83. The molecule has 1 aliphatic rings. The number of sulfonamides is 1. The van der Waals surface area contributed by atoms with Gasteiger partial charge in [0.1, 0.15) is 0 Å². The maximum Gasteiger partial charge on any atom is 0.273 e. The Labute approximate surface area is 111 Å². The Morgan fingerprint density at radius 2 is 2.16 bits per heavy atom. The van der Waals surface area contributed by atoms with Gasteiger partial charge in [0.05, 0.1) is 18.0 Å². The van der Waals surface area contributed by atoms with Crippen LogP contribution >= 0.6 is 0 Å². The molecule has 8 heteroatoms. The summed E-state index contributed by atoms with van der Waals surface area (Å²) < 4.78 is 30.6. The van der Waals surface area contributed by atoms with Gasteiger partial charge in [0.15, 0.2) is 11.4 Å². The number of nitrogens with one attached hydrogen (secondary N) is 2. The van der Waals surface area contributed by atoms with Gasteiger partial charge in [-0.1, -0.05) is 0 Å². The van der Waals surface area contributed by atoms with E-state index in [1.54, 1.807) is 0 Å². The molecule has 0 spiro atoms. The van der Waals surface area contributed by atoms with Crippen molar-refractivity contribution in [1.29, 1.82) is 0 Å². The first-order valence-corrected chi connectivity index (χ1v) is 7.65. The number of pyridine rings is 1. The lowest BCUT2D eigenvalue weighted by Gasteiger charge is -2.14. The number of aromatic nitrogens is 1. The minimum Gasteiger partial charge on any atom is -0.486 e. The van der Waals surface area contributed by atoms with E-state index in [0.717, 1.165) is 19.1 Å². The number of hydrogen-bond acceptors (Lipinski definition) is 5. The van der Waals surface area contributed by atoms with Gasteiger partial charge in [-0.15, -0.1) is 0 Å². The highest BCUT2D eigenvalue weighted by atomic mass is 32.2. The van der Waals surface area contributed by atoms with Gasteiger partial charge in [-0.05, 0) is 18.9 Å². The van der Waals surface area contributed by atoms with Crippen LogP contribution in [-0.4, -0.2) is 38.7 Å². The molecule has 0 bridgehead atoms. The number of ether oxygens (including phenoxy) is 1. The van der Waals surface area contributed by atoms with Crippen LogP contribution in [0.15, 0.2) is 12.3 Å². The Balaban J connectivity index is 2.42. The van der Waals surface area contributed by atoms with E-state index in [4.69, 9.17) is 4.74 Å². The van der Waals surface area contributed by atoms with E-state index >= 15 is 0 Å². The summed E-state index contributed by atoms with van der Waals surface area (Å²) in [5.41, 5.74) is 0.297. The van der Waals surface area contributed by atoms with Gasteiger partial charge in [0.25, 0.3) is 5.91 Å². The van der Waals surface area contributed by atoms with Crippen molar-refractivity contribution < 1.29 is 17.9 Å². The molecule has 1 aromatic rings. The number of rotatable bonds is 5. The molecular weight excluding hydrogens is 270 g/mol. The highest BCUT2D eigenvalue weighted by Gasteiger charge is 2.28. The van der Waals surface area contributed by atoms with E-state index in [-0.39, 0.29) is 23.2 Å². The van der Waals surface area contributed by atoms with E-state index in [1.165, 1.54) is 19.3 Å². The standard InChI is InChI=1S/C11H15N3O4S/c1-12-11(15)9-10(18-7-3-4-7)8(5-6-13-9)14-19(2,16)17/h5-7H,3-4H2,1-2H3,(H,12,15)(H,13,14). The molecule has 7 nitrogen and oxygen atoms in total. The molecule has 1 aliphatic carbocycles. The van der Waals surface area contributed by atoms with Crippen LogP contribution in [0.3, 0.4) is 0 Å². The lowest BCUT2D eigenvalue weighted by atomic mass is 10.2. The average molecular weight is 285 g/mol. The predicted molar refractivity (Wildman–Crippen MR) is 69.7 cm³/mol. The van der Waals surface area contributed by atoms with Crippen molar-refractivity contribution in [2.75, 3.05) is 18.0 Å². The number of carbonyl (C=O) groups excluding carboxylic acids is 1. The topological polar surface area (TPSA) is 97.4 Å². The molecule has 104 valence electrons. The number of nitrogens with zero attached hydrogens (tertiary/aromatic N) is 1. The summed E-state index contributed by atoms with van der Waals surface area (Å²) in [5, 5.41) is 2.45. The van der Waals surface area contributed by atoms with Crippen LogP contribution < -0.4 is 14.8 Å². The molecule has 0 unspecified atom stereocenters. The van der Waals surface area contributed by atoms with Crippen LogP contribution in [0.1, 0.15) is 23.3 Å². The number of amides is 1. The summed E-state index contributed by atoms with van der Waals surface area (Å²) in [6.45, 7) is 0. The summed E-state index contributed by atoms with van der Waals surface area (Å²) in [7, 11) is -1.98. The zero-order chi connectivity index (χ0) is 14.0. The van der Waals surface area contributed by atoms with Gasteiger partial charge in [-0.3, -0.25) is 9.52 Å². The molecule has 1 fully saturated rings. The van der Waals surface area contributed by atoms with Crippen molar-refractivity contribution in [3.8, 4) is 5.75 Å². The minimum atomic E-state index is -3.45. The second kappa shape index (κ2) is 5.04. The van der Waals surface area contributed by atoms with Crippen molar-refractivity contribution in [3.05, 3.63) is 18.0 Å². The third kappa shape index (κ3) is 3.57. The number of anilines is 1. The molecule has 1 aromatic heterocycles. The molecule has 0 saturated heterocycles. The molecule has 1 saturated carbocycles. The Kier molecular flexibility index (Phi) is 3.61. The molecule has 0 atom stereocenters. The van der Waals surface area contributed by atoms with Crippen LogP contribution in [-0.2, 0) is 10.0 Å². The zero-order valence-corrected chi connectivity index (χ0v) is 11.5. The monoisotopic (exact) mass is 285 g/mol. The average Bonchev–Trinajstić information content (AvgIpc) is 3.12. The molecule has 1 heterocycles. The smallest absolute Gasteiger partial charge is 0.273 e. The van der Waals surface area contributed by atoms with Crippen molar-refractivity contribution in [3.63, 3.8) is 0 Å². The number of carbonyl (C=O) groups is 1. The fraction of sp³-hybridized carbons (Fsp3) is 0.455. The molecule has 1 amide bonds. The van der Waals surface area contributed by atoms with Gasteiger partial charge < -0.3 is 10.1 Å². The third-order valence-electron chi connectivity index (χ3n) is 2.45. The fourth-order valence-corrected chi connectivity index (χ4v) is 2.04. The quantitative estimate of drug-likeness (QED) is 0.813. The maximum atomic E-state index is 11.7. The molecule has 2 N–H and O–H groups in total. The molecule has 19 heavy (non-hydrogen) atoms. The van der Waals surface area contributed by atoms with E-state index < -0.39 is 15.9 Å². The lowest BCUT2D eigenvalue weighted by molar-refractivity contribution is 0.0953. The summed E-state index contributed by atoms with van der Waals surface area (Å²) in [4.78, 5) is 15.7. The third-order valence-corrected chi connectivity index (χ3v) is 3.04. The van der Waals surface area contributed by atoms with Gasteiger partial charge >= 0.3 is 0 Å². The van der Waals surface area contributed by atoms with Gasteiger partial charge in [-0.25, -0.2) is 13.4 Å². The van der Waals surface area contributed by atoms with E-state index in [2.05, 4.69) is 15.0 Å². The summed E-state index contributed by atoms with van der Waals surface area (Å²) in [5.74, 6) is -0.248. The molecular formula is C11H15N3O4S. The van der Waals surface area contributed by atoms with Crippen molar-refractivity contribution in [1.82, 2.24) is 10.3 Å². The molecule has 0 radical (unpaired) electrons.